The molecule has 0 aliphatic heterocycles. The van der Waals surface area contributed by atoms with Crippen LogP contribution in [0.4, 0.5) is 5.69 Å². The van der Waals surface area contributed by atoms with Gasteiger partial charge in [-0.1, -0.05) is 65.1 Å². The van der Waals surface area contributed by atoms with Crippen molar-refractivity contribution in [1.82, 2.24) is 4.90 Å². The number of thiocarbonyl (C=S) groups is 1. The second-order valence-corrected chi connectivity index (χ2v) is 6.44. The van der Waals surface area contributed by atoms with E-state index in [0.29, 0.717) is 25.9 Å². The van der Waals surface area contributed by atoms with Crippen LogP contribution < -0.4 is 5.32 Å². The van der Waals surface area contributed by atoms with Crippen LogP contribution in [-0.4, -0.2) is 23.6 Å². The molecule has 0 fully saturated rings. The molecule has 0 aliphatic carbocycles. The number of rotatable bonds is 4. The van der Waals surface area contributed by atoms with Gasteiger partial charge in [0.1, 0.15) is 0 Å². The van der Waals surface area contributed by atoms with Crippen LogP contribution in [0.5, 0.6) is 0 Å². The van der Waals surface area contributed by atoms with Crippen molar-refractivity contribution in [2.24, 2.45) is 0 Å². The summed E-state index contributed by atoms with van der Waals surface area (Å²) < 4.78 is 0. The Bertz CT molecular complexity index is 662. The molecule has 2 nitrogen and oxygen atoms in total. The van der Waals surface area contributed by atoms with E-state index in [1.807, 2.05) is 30.1 Å². The Balaban J connectivity index is 1.95. The molecule has 0 saturated carbocycles. The first kappa shape index (κ1) is 17.4. The zero-order valence-corrected chi connectivity index (χ0v) is 15.0. The molecule has 0 saturated heterocycles. The van der Waals surface area contributed by atoms with Crippen molar-refractivity contribution in [3.63, 3.8) is 0 Å². The Labute approximate surface area is 151 Å². The highest BCUT2D eigenvalue weighted by Gasteiger charge is 2.10. The van der Waals surface area contributed by atoms with Gasteiger partial charge in [-0.05, 0) is 36.3 Å². The average molecular weight is 374 g/mol. The maximum Gasteiger partial charge on any atom is 0.173 e. The van der Waals surface area contributed by atoms with Crippen molar-refractivity contribution < 1.29 is 0 Å². The molecule has 0 radical (unpaired) electrons. The van der Waals surface area contributed by atoms with Gasteiger partial charge in [0.15, 0.2) is 5.11 Å². The van der Waals surface area contributed by atoms with Crippen LogP contribution in [0.1, 0.15) is 5.56 Å². The van der Waals surface area contributed by atoms with E-state index >= 15 is 0 Å². The second kappa shape index (κ2) is 8.02. The van der Waals surface area contributed by atoms with E-state index in [0.717, 1.165) is 13.0 Å². The first-order valence-corrected chi connectivity index (χ1v) is 8.22. The largest absolute Gasteiger partial charge is 0.352 e. The highest BCUT2D eigenvalue weighted by atomic mass is 35.5. The quantitative estimate of drug-likeness (QED) is 0.561. The highest BCUT2D eigenvalue weighted by molar-refractivity contribution is 7.80. The Morgan fingerprint density at radius 1 is 1.05 bits per heavy atom. The fourth-order valence-electron chi connectivity index (χ4n) is 1.87. The van der Waals surface area contributed by atoms with Crippen molar-refractivity contribution in [2.45, 2.75) is 6.42 Å². The lowest BCUT2D eigenvalue weighted by molar-refractivity contribution is 0.516. The van der Waals surface area contributed by atoms with Crippen LogP contribution in [0.25, 0.3) is 0 Å². The van der Waals surface area contributed by atoms with Crippen LogP contribution in [0.2, 0.25) is 15.1 Å². The van der Waals surface area contributed by atoms with Gasteiger partial charge in [-0.25, -0.2) is 0 Å². The molecule has 0 heterocycles. The van der Waals surface area contributed by atoms with Crippen molar-refractivity contribution in [3.8, 4) is 0 Å². The van der Waals surface area contributed by atoms with E-state index in [1.54, 1.807) is 12.1 Å². The molecule has 0 bridgehead atoms. The summed E-state index contributed by atoms with van der Waals surface area (Å²) in [5.41, 5.74) is 1.91. The lowest BCUT2D eigenvalue weighted by Gasteiger charge is -2.21. The first-order chi connectivity index (χ1) is 10.5. The standard InChI is InChI=1S/C16H15Cl3N2S/c1-21(8-7-11-5-3-2-4-6-11)16(22)20-15-10-13(18)12(17)9-14(15)19/h2-6,9-10H,7-8H2,1H3,(H,20,22). The Kier molecular flexibility index (Phi) is 6.33. The molecule has 6 heteroatoms. The second-order valence-electron chi connectivity index (χ2n) is 4.83. The molecule has 0 atom stereocenters. The number of hydrogen-bond donors (Lipinski definition) is 1. The van der Waals surface area contributed by atoms with Gasteiger partial charge in [0.05, 0.1) is 20.8 Å². The monoisotopic (exact) mass is 372 g/mol. The molecular formula is C16H15Cl3N2S. The average Bonchev–Trinajstić information content (AvgIpc) is 2.51. The lowest BCUT2D eigenvalue weighted by atomic mass is 10.1. The lowest BCUT2D eigenvalue weighted by Crippen LogP contribution is -2.32. The zero-order chi connectivity index (χ0) is 16.1. The van der Waals surface area contributed by atoms with Crippen LogP contribution >= 0.6 is 47.0 Å². The molecule has 1 N–H and O–H groups in total. The maximum atomic E-state index is 6.14. The molecule has 0 spiro atoms. The molecule has 0 aliphatic rings. The number of anilines is 1. The van der Waals surface area contributed by atoms with Gasteiger partial charge >= 0.3 is 0 Å². The predicted molar refractivity (Wildman–Crippen MR) is 100 cm³/mol. The molecule has 0 aromatic heterocycles. The third kappa shape index (κ3) is 4.75. The molecule has 116 valence electrons. The minimum absolute atomic E-state index is 0.417. The first-order valence-electron chi connectivity index (χ1n) is 6.68. The molecule has 22 heavy (non-hydrogen) atoms. The number of nitrogens with zero attached hydrogens (tertiary/aromatic N) is 1. The minimum Gasteiger partial charge on any atom is -0.352 e. The molecule has 2 aromatic carbocycles. The molecule has 2 rings (SSSR count). The fourth-order valence-corrected chi connectivity index (χ4v) is 2.67. The van der Waals surface area contributed by atoms with Gasteiger partial charge in [0, 0.05) is 13.6 Å². The molecule has 2 aromatic rings. The van der Waals surface area contributed by atoms with Gasteiger partial charge in [0.25, 0.3) is 0 Å². The van der Waals surface area contributed by atoms with E-state index in [4.69, 9.17) is 47.0 Å². The van der Waals surface area contributed by atoms with E-state index in [-0.39, 0.29) is 0 Å². The number of hydrogen-bond acceptors (Lipinski definition) is 1. The molecule has 0 unspecified atom stereocenters. The van der Waals surface area contributed by atoms with Gasteiger partial charge in [-0.2, -0.15) is 0 Å². The highest BCUT2D eigenvalue weighted by Crippen LogP contribution is 2.32. The van der Waals surface area contributed by atoms with E-state index < -0.39 is 0 Å². The Morgan fingerprint density at radius 3 is 2.36 bits per heavy atom. The Morgan fingerprint density at radius 2 is 1.68 bits per heavy atom. The molecule has 0 amide bonds. The normalized spacial score (nSPS) is 10.4. The van der Waals surface area contributed by atoms with Gasteiger partial charge < -0.3 is 10.2 Å². The zero-order valence-electron chi connectivity index (χ0n) is 11.9. The van der Waals surface area contributed by atoms with Crippen molar-refractivity contribution >= 4 is 57.8 Å². The minimum atomic E-state index is 0.417. The topological polar surface area (TPSA) is 15.3 Å². The maximum absolute atomic E-state index is 6.14. The summed E-state index contributed by atoms with van der Waals surface area (Å²) in [7, 11) is 1.93. The van der Waals surface area contributed by atoms with Gasteiger partial charge in [-0.15, -0.1) is 0 Å². The predicted octanol–water partition coefficient (Wildman–Crippen LogP) is 5.52. The van der Waals surface area contributed by atoms with E-state index in [1.165, 1.54) is 5.56 Å². The van der Waals surface area contributed by atoms with Crippen molar-refractivity contribution in [3.05, 3.63) is 63.1 Å². The van der Waals surface area contributed by atoms with Crippen molar-refractivity contribution in [1.29, 1.82) is 0 Å². The Hall–Kier alpha value is -1.000. The summed E-state index contributed by atoms with van der Waals surface area (Å²) >= 11 is 23.4. The number of benzene rings is 2. The van der Waals surface area contributed by atoms with E-state index in [2.05, 4.69) is 17.4 Å². The summed E-state index contributed by atoms with van der Waals surface area (Å²) in [4.78, 5) is 1.96. The summed E-state index contributed by atoms with van der Waals surface area (Å²) in [5, 5.41) is 5.01. The van der Waals surface area contributed by atoms with Crippen LogP contribution in [0, 0.1) is 0 Å². The van der Waals surface area contributed by atoms with Crippen LogP contribution in [-0.2, 0) is 6.42 Å². The summed E-state index contributed by atoms with van der Waals surface area (Å²) in [6.45, 7) is 0.800. The van der Waals surface area contributed by atoms with E-state index in [9.17, 15) is 0 Å². The van der Waals surface area contributed by atoms with Gasteiger partial charge in [-0.3, -0.25) is 0 Å². The summed E-state index contributed by atoms with van der Waals surface area (Å²) in [5.74, 6) is 0. The number of nitrogens with one attached hydrogen (secondary N) is 1. The number of halogens is 3. The fraction of sp³-hybridized carbons (Fsp3) is 0.188. The summed E-state index contributed by atoms with van der Waals surface area (Å²) in [6, 6.07) is 13.5. The third-order valence-electron chi connectivity index (χ3n) is 3.18. The van der Waals surface area contributed by atoms with Crippen molar-refractivity contribution in [2.75, 3.05) is 18.9 Å². The number of likely N-dealkylation sites (N-methyl/N-ethyl adjacent to an activating group) is 1. The van der Waals surface area contributed by atoms with Crippen LogP contribution in [0.3, 0.4) is 0 Å². The molecular weight excluding hydrogens is 359 g/mol. The SMILES string of the molecule is CN(CCc1ccccc1)C(=S)Nc1cc(Cl)c(Cl)cc1Cl. The van der Waals surface area contributed by atoms with Crippen LogP contribution in [0.15, 0.2) is 42.5 Å². The summed E-state index contributed by atoms with van der Waals surface area (Å²) in [6.07, 6.45) is 0.911. The van der Waals surface area contributed by atoms with Gasteiger partial charge in [0.2, 0.25) is 0 Å². The smallest absolute Gasteiger partial charge is 0.173 e. The third-order valence-corrected chi connectivity index (χ3v) is 4.63.